The molecule has 8 heteroatoms. The van der Waals surface area contributed by atoms with Gasteiger partial charge in [-0.15, -0.1) is 10.2 Å². The molecule has 1 aromatic carbocycles. The summed E-state index contributed by atoms with van der Waals surface area (Å²) in [5.41, 5.74) is 1.43. The Labute approximate surface area is 190 Å². The number of hydrogen-bond donors (Lipinski definition) is 1. The van der Waals surface area contributed by atoms with Crippen LogP contribution in [0.2, 0.25) is 0 Å². The number of piperidine rings is 1. The summed E-state index contributed by atoms with van der Waals surface area (Å²) < 4.78 is 7.36. The fourth-order valence-electron chi connectivity index (χ4n) is 4.13. The molecule has 1 atom stereocenters. The minimum Gasteiger partial charge on any atom is -0.465 e. The first-order valence-corrected chi connectivity index (χ1v) is 10.9. The molecule has 5 rings (SSSR count). The van der Waals surface area contributed by atoms with Gasteiger partial charge in [0.25, 0.3) is 11.8 Å². The van der Waals surface area contributed by atoms with Gasteiger partial charge in [-0.25, -0.2) is 0 Å². The van der Waals surface area contributed by atoms with Crippen molar-refractivity contribution >= 4 is 23.5 Å². The van der Waals surface area contributed by atoms with E-state index in [0.717, 1.165) is 24.3 Å². The second-order valence-electron chi connectivity index (χ2n) is 7.97. The van der Waals surface area contributed by atoms with Crippen molar-refractivity contribution in [2.75, 3.05) is 13.1 Å². The smallest absolute Gasteiger partial charge is 0.270 e. The molecule has 33 heavy (non-hydrogen) atoms. The molecule has 3 aromatic heterocycles. The molecule has 1 aliphatic heterocycles. The molecule has 0 aliphatic carbocycles. The molecule has 1 N–H and O–H groups in total. The summed E-state index contributed by atoms with van der Waals surface area (Å²) >= 11 is 0. The Morgan fingerprint density at radius 1 is 1.03 bits per heavy atom. The lowest BCUT2D eigenvalue weighted by atomic mass is 9.97. The van der Waals surface area contributed by atoms with Gasteiger partial charge in [-0.1, -0.05) is 24.3 Å². The Morgan fingerprint density at radius 2 is 1.88 bits per heavy atom. The number of nitrogens with zero attached hydrogens (tertiary/aromatic N) is 4. The number of pyridine rings is 1. The van der Waals surface area contributed by atoms with Gasteiger partial charge < -0.3 is 14.6 Å². The number of carbonyl (C=O) groups excluding carboxylic acids is 2. The van der Waals surface area contributed by atoms with Crippen LogP contribution in [0.4, 0.5) is 0 Å². The zero-order valence-corrected chi connectivity index (χ0v) is 17.9. The third kappa shape index (κ3) is 4.41. The second-order valence-corrected chi connectivity index (χ2v) is 7.97. The molecule has 2 amide bonds. The summed E-state index contributed by atoms with van der Waals surface area (Å²) in [7, 11) is 0. The Morgan fingerprint density at radius 3 is 2.70 bits per heavy atom. The Kier molecular flexibility index (Phi) is 5.72. The zero-order chi connectivity index (χ0) is 22.6. The maximum absolute atomic E-state index is 13.5. The lowest BCUT2D eigenvalue weighted by molar-refractivity contribution is -0.128. The third-order valence-electron chi connectivity index (χ3n) is 5.76. The van der Waals surface area contributed by atoms with Crippen LogP contribution in [0.25, 0.3) is 11.7 Å². The van der Waals surface area contributed by atoms with Crippen molar-refractivity contribution in [3.05, 3.63) is 96.0 Å². The highest BCUT2D eigenvalue weighted by Gasteiger charge is 2.30. The number of hydrogen-bond acceptors (Lipinski definition) is 5. The van der Waals surface area contributed by atoms with Crippen molar-refractivity contribution in [1.29, 1.82) is 0 Å². The number of fused-ring (bicyclic) bond motifs is 1. The van der Waals surface area contributed by atoms with E-state index < -0.39 is 0 Å². The summed E-state index contributed by atoms with van der Waals surface area (Å²) in [5, 5.41) is 11.4. The van der Waals surface area contributed by atoms with Crippen LogP contribution in [0.15, 0.2) is 83.2 Å². The average Bonchev–Trinajstić information content (AvgIpc) is 3.54. The largest absolute Gasteiger partial charge is 0.465 e. The van der Waals surface area contributed by atoms with Crippen molar-refractivity contribution in [3.63, 3.8) is 0 Å². The van der Waals surface area contributed by atoms with Gasteiger partial charge >= 0.3 is 0 Å². The molecule has 0 bridgehead atoms. The van der Waals surface area contributed by atoms with Gasteiger partial charge in [0.2, 0.25) is 0 Å². The third-order valence-corrected chi connectivity index (χ3v) is 5.76. The van der Waals surface area contributed by atoms with Gasteiger partial charge in [-0.2, -0.15) is 0 Å². The van der Waals surface area contributed by atoms with E-state index in [0.29, 0.717) is 24.4 Å². The quantitative estimate of drug-likeness (QED) is 0.479. The molecule has 0 radical (unpaired) electrons. The molecule has 4 aromatic rings. The van der Waals surface area contributed by atoms with Gasteiger partial charge in [0.1, 0.15) is 17.3 Å². The highest BCUT2D eigenvalue weighted by molar-refractivity contribution is 6.05. The Hall–Kier alpha value is -4.20. The fourth-order valence-corrected chi connectivity index (χ4v) is 4.13. The fraction of sp³-hybridized carbons (Fsp3) is 0.200. The molecule has 4 heterocycles. The zero-order valence-electron chi connectivity index (χ0n) is 17.9. The van der Waals surface area contributed by atoms with E-state index in [9.17, 15) is 9.59 Å². The number of carbonyl (C=O) groups is 2. The maximum Gasteiger partial charge on any atom is 0.270 e. The summed E-state index contributed by atoms with van der Waals surface area (Å²) in [6.07, 6.45) is 6.78. The lowest BCUT2D eigenvalue weighted by Gasteiger charge is -2.32. The van der Waals surface area contributed by atoms with Crippen LogP contribution in [0.1, 0.15) is 40.7 Å². The predicted octanol–water partition coefficient (Wildman–Crippen LogP) is 3.50. The van der Waals surface area contributed by atoms with Gasteiger partial charge in [0.15, 0.2) is 5.65 Å². The van der Waals surface area contributed by atoms with Gasteiger partial charge in [0.05, 0.1) is 6.26 Å². The Balaban J connectivity index is 1.39. The van der Waals surface area contributed by atoms with E-state index in [4.69, 9.17) is 4.42 Å². The summed E-state index contributed by atoms with van der Waals surface area (Å²) in [5.74, 6) is 0.777. The van der Waals surface area contributed by atoms with Crippen LogP contribution >= 0.6 is 0 Å². The summed E-state index contributed by atoms with van der Waals surface area (Å²) in [4.78, 5) is 28.1. The van der Waals surface area contributed by atoms with Crippen LogP contribution in [-0.2, 0) is 4.79 Å². The molecule has 1 aliphatic rings. The number of rotatable bonds is 5. The first-order chi connectivity index (χ1) is 16.2. The van der Waals surface area contributed by atoms with Crippen LogP contribution in [-0.4, -0.2) is 44.4 Å². The highest BCUT2D eigenvalue weighted by atomic mass is 16.3. The SMILES string of the molecule is O=C(N/C(=C/c1ccco1)C(=O)N1CCCC(c2nnc3ccccn23)C1)c1ccccc1. The molecule has 0 spiro atoms. The van der Waals surface area contributed by atoms with E-state index in [2.05, 4.69) is 15.5 Å². The van der Waals surface area contributed by atoms with Crippen molar-refractivity contribution < 1.29 is 14.0 Å². The van der Waals surface area contributed by atoms with Crippen molar-refractivity contribution in [3.8, 4) is 0 Å². The van der Waals surface area contributed by atoms with Gasteiger partial charge in [-0.05, 0) is 49.2 Å². The number of furan rings is 1. The normalized spacial score (nSPS) is 16.7. The van der Waals surface area contributed by atoms with Crippen molar-refractivity contribution in [1.82, 2.24) is 24.8 Å². The van der Waals surface area contributed by atoms with Crippen molar-refractivity contribution in [2.24, 2.45) is 0 Å². The predicted molar refractivity (Wildman–Crippen MR) is 122 cm³/mol. The molecule has 1 unspecified atom stereocenters. The minimum absolute atomic E-state index is 0.0507. The Bertz CT molecular complexity index is 1290. The maximum atomic E-state index is 13.5. The van der Waals surface area contributed by atoms with Gasteiger partial charge in [0, 0.05) is 36.8 Å². The number of aromatic nitrogens is 3. The molecule has 166 valence electrons. The molecule has 0 saturated carbocycles. The van der Waals surface area contributed by atoms with Crippen LogP contribution in [0.3, 0.4) is 0 Å². The number of nitrogens with one attached hydrogen (secondary N) is 1. The van der Waals surface area contributed by atoms with E-state index in [1.807, 2.05) is 34.9 Å². The summed E-state index contributed by atoms with van der Waals surface area (Å²) in [6, 6.07) is 18.1. The van der Waals surface area contributed by atoms with Crippen LogP contribution < -0.4 is 5.32 Å². The minimum atomic E-state index is -0.348. The molecular weight excluding hydrogens is 418 g/mol. The molecule has 1 fully saturated rings. The average molecular weight is 441 g/mol. The summed E-state index contributed by atoms with van der Waals surface area (Å²) in [6.45, 7) is 1.09. The van der Waals surface area contributed by atoms with E-state index >= 15 is 0 Å². The molecule has 1 saturated heterocycles. The number of likely N-dealkylation sites (tertiary alicyclic amines) is 1. The number of amides is 2. The first-order valence-electron chi connectivity index (χ1n) is 10.9. The van der Waals surface area contributed by atoms with Crippen molar-refractivity contribution in [2.45, 2.75) is 18.8 Å². The van der Waals surface area contributed by atoms with Gasteiger partial charge in [-0.3, -0.25) is 14.0 Å². The highest BCUT2D eigenvalue weighted by Crippen LogP contribution is 2.27. The first kappa shape index (κ1) is 20.7. The topological polar surface area (TPSA) is 92.7 Å². The standard InChI is InChI=1S/C25H23N5O3/c31-24(18-8-2-1-3-9-18)26-21(16-20-11-7-15-33-20)25(32)29-13-6-10-19(17-29)23-28-27-22-12-4-5-14-30(22)23/h1-5,7-9,11-12,14-16,19H,6,10,13,17H2,(H,26,31)/b21-16+. The second kappa shape index (κ2) is 9.12. The van der Waals surface area contributed by atoms with Crippen LogP contribution in [0, 0.1) is 0 Å². The monoisotopic (exact) mass is 441 g/mol. The van der Waals surface area contributed by atoms with E-state index in [1.54, 1.807) is 47.4 Å². The molecular formula is C25H23N5O3. The van der Waals surface area contributed by atoms with E-state index in [1.165, 1.54) is 6.26 Å². The number of benzene rings is 1. The molecule has 8 nitrogen and oxygen atoms in total. The lowest BCUT2D eigenvalue weighted by Crippen LogP contribution is -2.43. The van der Waals surface area contributed by atoms with Crippen LogP contribution in [0.5, 0.6) is 0 Å². The van der Waals surface area contributed by atoms with E-state index in [-0.39, 0.29) is 23.4 Å².